The number of hydrazone groups is 1. The van der Waals surface area contributed by atoms with Gasteiger partial charge >= 0.3 is 0 Å². The van der Waals surface area contributed by atoms with E-state index in [0.717, 1.165) is 47.4 Å². The Balaban J connectivity index is 0.000000305. The molecule has 1 aromatic rings. The second-order valence-corrected chi connectivity index (χ2v) is 9.35. The molecule has 5 heteroatoms. The molecule has 2 aliphatic carbocycles. The Morgan fingerprint density at radius 1 is 1.18 bits per heavy atom. The van der Waals surface area contributed by atoms with Gasteiger partial charge in [0.1, 0.15) is 5.82 Å². The van der Waals surface area contributed by atoms with Crippen molar-refractivity contribution in [2.24, 2.45) is 16.9 Å². The highest BCUT2D eigenvalue weighted by Crippen LogP contribution is 2.27. The fraction of sp³-hybridized carbons (Fsp3) is 0.333. The molecule has 0 bridgehead atoms. The SMILES string of the molecule is C=C(C)NC(=O)C(C)C1=CC=C(C2=CC3CNN=C3C=C2)CC=C1.C=C(C)c1cc(F)ccc1CC.CC. The zero-order valence-corrected chi connectivity index (χ0v) is 23.7. The maximum Gasteiger partial charge on any atom is 0.231 e. The first kappa shape index (κ1) is 30.5. The van der Waals surface area contributed by atoms with Crippen LogP contribution in [0.3, 0.4) is 0 Å². The van der Waals surface area contributed by atoms with Gasteiger partial charge in [-0.25, -0.2) is 4.39 Å². The summed E-state index contributed by atoms with van der Waals surface area (Å²) in [5.41, 5.74) is 11.3. The molecule has 1 amide bonds. The molecular weight excluding hydrogens is 473 g/mol. The summed E-state index contributed by atoms with van der Waals surface area (Å²) in [5, 5.41) is 7.06. The van der Waals surface area contributed by atoms with Gasteiger partial charge in [0.05, 0.1) is 11.6 Å². The van der Waals surface area contributed by atoms with Crippen LogP contribution in [0.4, 0.5) is 4.39 Å². The second-order valence-electron chi connectivity index (χ2n) is 9.35. The lowest BCUT2D eigenvalue weighted by Crippen LogP contribution is -2.28. The number of hydrogen-bond donors (Lipinski definition) is 2. The quantitative estimate of drug-likeness (QED) is 0.410. The lowest BCUT2D eigenvalue weighted by Gasteiger charge is -2.14. The molecule has 0 radical (unpaired) electrons. The van der Waals surface area contributed by atoms with Crippen LogP contribution in [0.1, 0.15) is 59.1 Å². The maximum absolute atomic E-state index is 12.8. The first-order valence-electron chi connectivity index (χ1n) is 13.4. The number of hydrogen-bond acceptors (Lipinski definition) is 3. The molecular formula is C33H42FN3O. The minimum atomic E-state index is -0.206. The average molecular weight is 516 g/mol. The number of amides is 1. The van der Waals surface area contributed by atoms with Gasteiger partial charge in [0.15, 0.2) is 0 Å². The molecule has 202 valence electrons. The van der Waals surface area contributed by atoms with Crippen molar-refractivity contribution in [1.82, 2.24) is 10.7 Å². The second kappa shape index (κ2) is 14.9. The standard InChI is InChI=1S/C20H23N3O.C11H13F.C2H6/c1-13(2)22-20(24)14(3)15-5-4-6-16(8-7-15)17-9-10-19-18(11-17)12-21-23-19;1-4-9-5-6-10(12)7-11(9)8(2)3;1-2/h4-5,7-11,14,18,21H,1,6,12H2,2-3H3,(H,22,24);5-7H,2,4H2,1,3H3;1-2H3. The number of benzene rings is 1. The molecule has 1 aliphatic heterocycles. The normalized spacial score (nSPS) is 17.8. The largest absolute Gasteiger partial charge is 0.330 e. The van der Waals surface area contributed by atoms with Crippen molar-refractivity contribution < 1.29 is 9.18 Å². The highest BCUT2D eigenvalue weighted by atomic mass is 19.1. The van der Waals surface area contributed by atoms with Crippen molar-refractivity contribution in [2.45, 2.75) is 54.4 Å². The van der Waals surface area contributed by atoms with Crippen molar-refractivity contribution >= 4 is 17.2 Å². The van der Waals surface area contributed by atoms with Crippen LogP contribution < -0.4 is 10.7 Å². The zero-order valence-electron chi connectivity index (χ0n) is 23.7. The highest BCUT2D eigenvalue weighted by molar-refractivity contribution is 6.01. The van der Waals surface area contributed by atoms with E-state index in [0.29, 0.717) is 11.6 Å². The molecule has 3 aliphatic rings. The Hall–Kier alpha value is -3.73. The third-order valence-electron chi connectivity index (χ3n) is 6.35. The first-order valence-corrected chi connectivity index (χ1v) is 13.4. The summed E-state index contributed by atoms with van der Waals surface area (Å²) >= 11 is 0. The third-order valence-corrected chi connectivity index (χ3v) is 6.35. The van der Waals surface area contributed by atoms with Gasteiger partial charge in [0.2, 0.25) is 5.91 Å². The molecule has 0 saturated heterocycles. The van der Waals surface area contributed by atoms with Gasteiger partial charge in [-0.05, 0) is 79.7 Å². The van der Waals surface area contributed by atoms with Crippen LogP contribution in [0.25, 0.3) is 5.57 Å². The first-order chi connectivity index (χ1) is 18.2. The van der Waals surface area contributed by atoms with Crippen LogP contribution in [0.15, 0.2) is 101 Å². The molecule has 0 saturated carbocycles. The van der Waals surface area contributed by atoms with E-state index in [4.69, 9.17) is 0 Å². The molecule has 1 aromatic carbocycles. The monoisotopic (exact) mass is 515 g/mol. The number of rotatable bonds is 6. The topological polar surface area (TPSA) is 53.5 Å². The molecule has 4 nitrogen and oxygen atoms in total. The number of carbonyl (C=O) groups is 1. The number of fused-ring (bicyclic) bond motifs is 1. The Labute approximate surface area is 228 Å². The van der Waals surface area contributed by atoms with Gasteiger partial charge in [-0.2, -0.15) is 5.10 Å². The van der Waals surface area contributed by atoms with Crippen LogP contribution in [0.2, 0.25) is 0 Å². The smallest absolute Gasteiger partial charge is 0.231 e. The van der Waals surface area contributed by atoms with Gasteiger partial charge in [-0.1, -0.05) is 82.0 Å². The molecule has 0 fully saturated rings. The van der Waals surface area contributed by atoms with Crippen LogP contribution in [0.5, 0.6) is 0 Å². The van der Waals surface area contributed by atoms with Crippen molar-refractivity contribution in [2.75, 3.05) is 6.54 Å². The van der Waals surface area contributed by atoms with Crippen molar-refractivity contribution in [3.05, 3.63) is 113 Å². The summed E-state index contributed by atoms with van der Waals surface area (Å²) in [6.07, 6.45) is 16.6. The predicted octanol–water partition coefficient (Wildman–Crippen LogP) is 7.60. The summed E-state index contributed by atoms with van der Waals surface area (Å²) in [6, 6.07) is 4.85. The van der Waals surface area contributed by atoms with Gasteiger partial charge in [-0.3, -0.25) is 4.79 Å². The Morgan fingerprint density at radius 3 is 2.58 bits per heavy atom. The molecule has 2 N–H and O–H groups in total. The summed E-state index contributed by atoms with van der Waals surface area (Å²) in [6.45, 7) is 20.1. The Kier molecular flexibility index (Phi) is 11.9. The number of aryl methyl sites for hydroxylation is 1. The van der Waals surface area contributed by atoms with E-state index in [1.54, 1.807) is 13.0 Å². The summed E-state index contributed by atoms with van der Waals surface area (Å²) < 4.78 is 12.8. The fourth-order valence-corrected chi connectivity index (χ4v) is 4.26. The lowest BCUT2D eigenvalue weighted by atomic mass is 9.90. The average Bonchev–Trinajstić information content (AvgIpc) is 3.24. The van der Waals surface area contributed by atoms with E-state index in [9.17, 15) is 9.18 Å². The molecule has 2 unspecified atom stereocenters. The molecule has 0 aromatic heterocycles. The molecule has 38 heavy (non-hydrogen) atoms. The molecule has 1 heterocycles. The van der Waals surface area contributed by atoms with Crippen LogP contribution in [-0.2, 0) is 11.2 Å². The van der Waals surface area contributed by atoms with Crippen LogP contribution in [0, 0.1) is 17.7 Å². The molecule has 4 rings (SSSR count). The molecule has 0 spiro atoms. The van der Waals surface area contributed by atoms with E-state index in [1.807, 2.05) is 45.9 Å². The van der Waals surface area contributed by atoms with Crippen LogP contribution >= 0.6 is 0 Å². The summed E-state index contributed by atoms with van der Waals surface area (Å²) in [7, 11) is 0. The Bertz CT molecular complexity index is 1230. The van der Waals surface area contributed by atoms with Crippen molar-refractivity contribution in [3.8, 4) is 0 Å². The van der Waals surface area contributed by atoms with Crippen molar-refractivity contribution in [1.29, 1.82) is 0 Å². The van der Waals surface area contributed by atoms with Gasteiger partial charge in [0.25, 0.3) is 0 Å². The van der Waals surface area contributed by atoms with E-state index in [2.05, 4.69) is 66.3 Å². The lowest BCUT2D eigenvalue weighted by molar-refractivity contribution is -0.122. The summed E-state index contributed by atoms with van der Waals surface area (Å²) in [5.74, 6) is -0.0563. The Morgan fingerprint density at radius 2 is 1.92 bits per heavy atom. The van der Waals surface area contributed by atoms with Crippen molar-refractivity contribution in [3.63, 3.8) is 0 Å². The number of carbonyl (C=O) groups excluding carboxylic acids is 1. The highest BCUT2D eigenvalue weighted by Gasteiger charge is 2.22. The maximum atomic E-state index is 12.8. The third kappa shape index (κ3) is 8.41. The van der Waals surface area contributed by atoms with E-state index in [-0.39, 0.29) is 17.6 Å². The summed E-state index contributed by atoms with van der Waals surface area (Å²) in [4.78, 5) is 12.2. The van der Waals surface area contributed by atoms with Gasteiger partial charge in [0, 0.05) is 18.2 Å². The fourth-order valence-electron chi connectivity index (χ4n) is 4.26. The molecule has 2 atom stereocenters. The number of nitrogens with zero attached hydrogens (tertiary/aromatic N) is 1. The minimum absolute atomic E-state index is 0.0232. The van der Waals surface area contributed by atoms with Gasteiger partial charge in [-0.15, -0.1) is 0 Å². The van der Waals surface area contributed by atoms with E-state index < -0.39 is 0 Å². The number of halogens is 1. The van der Waals surface area contributed by atoms with Crippen LogP contribution in [-0.4, -0.2) is 18.2 Å². The van der Waals surface area contributed by atoms with E-state index >= 15 is 0 Å². The predicted molar refractivity (Wildman–Crippen MR) is 160 cm³/mol. The van der Waals surface area contributed by atoms with E-state index in [1.165, 1.54) is 17.2 Å². The van der Waals surface area contributed by atoms with Gasteiger partial charge < -0.3 is 10.7 Å². The minimum Gasteiger partial charge on any atom is -0.330 e. The number of nitrogens with one attached hydrogen (secondary N) is 2. The number of allylic oxidation sites excluding steroid dienone is 10. The zero-order chi connectivity index (χ0) is 28.2.